The van der Waals surface area contributed by atoms with Crippen molar-refractivity contribution in [3.8, 4) is 0 Å². The molecule has 1 heterocycles. The lowest BCUT2D eigenvalue weighted by Crippen LogP contribution is -2.17. The minimum absolute atomic E-state index is 0.273. The van der Waals surface area contributed by atoms with Crippen molar-refractivity contribution in [3.63, 3.8) is 0 Å². The van der Waals surface area contributed by atoms with Crippen molar-refractivity contribution in [1.82, 2.24) is 9.78 Å². The lowest BCUT2D eigenvalue weighted by Gasteiger charge is -2.16. The van der Waals surface area contributed by atoms with Gasteiger partial charge in [0.1, 0.15) is 0 Å². The standard InChI is InChI=1S/C17H24ClN3/c1-4-15-17(18)16(21(5-2)20-15)10-14(11-19)13-8-6-12(3)7-9-13/h6-9,14H,4-5,10-11,19H2,1-3H3. The Hall–Kier alpha value is -1.32. The number of aryl methyl sites for hydroxylation is 3. The lowest BCUT2D eigenvalue weighted by molar-refractivity contribution is 0.581. The molecule has 1 aromatic carbocycles. The van der Waals surface area contributed by atoms with Gasteiger partial charge < -0.3 is 5.73 Å². The molecule has 0 fully saturated rings. The smallest absolute Gasteiger partial charge is 0.0850 e. The molecule has 0 aliphatic heterocycles. The average Bonchev–Trinajstić information content (AvgIpc) is 2.81. The van der Waals surface area contributed by atoms with Crippen LogP contribution in [-0.2, 0) is 19.4 Å². The zero-order valence-electron chi connectivity index (χ0n) is 13.1. The van der Waals surface area contributed by atoms with Crippen molar-refractivity contribution >= 4 is 11.6 Å². The van der Waals surface area contributed by atoms with Gasteiger partial charge in [0.2, 0.25) is 0 Å². The van der Waals surface area contributed by atoms with Gasteiger partial charge >= 0.3 is 0 Å². The summed E-state index contributed by atoms with van der Waals surface area (Å²) in [5.41, 5.74) is 10.6. The second-order valence-corrected chi connectivity index (χ2v) is 5.80. The number of rotatable bonds is 6. The highest BCUT2D eigenvalue weighted by Crippen LogP contribution is 2.28. The number of hydrogen-bond donors (Lipinski definition) is 1. The molecule has 2 aromatic rings. The van der Waals surface area contributed by atoms with Crippen molar-refractivity contribution in [3.05, 3.63) is 51.8 Å². The summed E-state index contributed by atoms with van der Waals surface area (Å²) < 4.78 is 2.01. The molecule has 0 aliphatic carbocycles. The normalized spacial score (nSPS) is 12.6. The highest BCUT2D eigenvalue weighted by Gasteiger charge is 2.19. The van der Waals surface area contributed by atoms with E-state index in [1.807, 2.05) is 4.68 Å². The monoisotopic (exact) mass is 305 g/mol. The molecule has 0 aliphatic rings. The van der Waals surface area contributed by atoms with Crippen molar-refractivity contribution in [2.45, 2.75) is 46.1 Å². The number of halogens is 1. The fourth-order valence-electron chi connectivity index (χ4n) is 2.62. The molecule has 3 nitrogen and oxygen atoms in total. The Kier molecular flexibility index (Phi) is 5.43. The Labute approximate surface area is 132 Å². The maximum Gasteiger partial charge on any atom is 0.0850 e. The molecule has 0 spiro atoms. The topological polar surface area (TPSA) is 43.8 Å². The highest BCUT2D eigenvalue weighted by atomic mass is 35.5. The van der Waals surface area contributed by atoms with Crippen LogP contribution in [-0.4, -0.2) is 16.3 Å². The molecule has 2 rings (SSSR count). The van der Waals surface area contributed by atoms with Crippen LogP contribution in [0.1, 0.15) is 42.3 Å². The maximum atomic E-state index is 6.50. The van der Waals surface area contributed by atoms with Gasteiger partial charge in [0.05, 0.1) is 16.4 Å². The largest absolute Gasteiger partial charge is 0.330 e. The molecular weight excluding hydrogens is 282 g/mol. The van der Waals surface area contributed by atoms with Crippen LogP contribution >= 0.6 is 11.6 Å². The van der Waals surface area contributed by atoms with Crippen molar-refractivity contribution in [2.75, 3.05) is 6.54 Å². The van der Waals surface area contributed by atoms with Gasteiger partial charge in [-0.2, -0.15) is 5.10 Å². The molecule has 21 heavy (non-hydrogen) atoms. The third-order valence-electron chi connectivity index (χ3n) is 3.97. The van der Waals surface area contributed by atoms with Gasteiger partial charge in [-0.1, -0.05) is 48.4 Å². The summed E-state index contributed by atoms with van der Waals surface area (Å²) in [7, 11) is 0. The number of nitrogens with zero attached hydrogens (tertiary/aromatic N) is 2. The average molecular weight is 306 g/mol. The maximum absolute atomic E-state index is 6.50. The minimum Gasteiger partial charge on any atom is -0.330 e. The molecule has 114 valence electrons. The van der Waals surface area contributed by atoms with Crippen LogP contribution in [0.3, 0.4) is 0 Å². The second kappa shape index (κ2) is 7.10. The summed E-state index contributed by atoms with van der Waals surface area (Å²) >= 11 is 6.50. The van der Waals surface area contributed by atoms with Gasteiger partial charge in [-0.25, -0.2) is 0 Å². The quantitative estimate of drug-likeness (QED) is 0.884. The van der Waals surface area contributed by atoms with E-state index >= 15 is 0 Å². The van der Waals surface area contributed by atoms with E-state index in [1.165, 1.54) is 11.1 Å². The minimum atomic E-state index is 0.273. The van der Waals surface area contributed by atoms with Crippen LogP contribution < -0.4 is 5.73 Å². The van der Waals surface area contributed by atoms with Gasteiger partial charge in [-0.15, -0.1) is 0 Å². The molecule has 0 bridgehead atoms. The van der Waals surface area contributed by atoms with E-state index in [0.717, 1.165) is 35.8 Å². The van der Waals surface area contributed by atoms with Crippen LogP contribution in [0.5, 0.6) is 0 Å². The Morgan fingerprint density at radius 3 is 2.43 bits per heavy atom. The summed E-state index contributed by atoms with van der Waals surface area (Å²) in [6.07, 6.45) is 1.69. The lowest BCUT2D eigenvalue weighted by atomic mass is 9.93. The third kappa shape index (κ3) is 3.47. The van der Waals surface area contributed by atoms with E-state index in [0.29, 0.717) is 6.54 Å². The molecule has 0 saturated heterocycles. The number of hydrogen-bond acceptors (Lipinski definition) is 2. The number of benzene rings is 1. The second-order valence-electron chi connectivity index (χ2n) is 5.42. The van der Waals surface area contributed by atoms with E-state index in [-0.39, 0.29) is 5.92 Å². The Bertz CT molecular complexity index is 587. The molecule has 1 unspecified atom stereocenters. The van der Waals surface area contributed by atoms with Crippen molar-refractivity contribution < 1.29 is 0 Å². The van der Waals surface area contributed by atoms with Crippen LogP contribution in [0.4, 0.5) is 0 Å². The summed E-state index contributed by atoms with van der Waals surface area (Å²) in [6.45, 7) is 7.71. The molecule has 0 amide bonds. The zero-order chi connectivity index (χ0) is 15.4. The van der Waals surface area contributed by atoms with Crippen molar-refractivity contribution in [1.29, 1.82) is 0 Å². The predicted octanol–water partition coefficient (Wildman–Crippen LogP) is 3.71. The fourth-order valence-corrected chi connectivity index (χ4v) is 2.97. The van der Waals surface area contributed by atoms with Crippen LogP contribution in [0.25, 0.3) is 0 Å². The Morgan fingerprint density at radius 1 is 1.24 bits per heavy atom. The first-order valence-corrected chi connectivity index (χ1v) is 7.99. The molecule has 1 atom stereocenters. The van der Waals surface area contributed by atoms with E-state index < -0.39 is 0 Å². The van der Waals surface area contributed by atoms with Crippen LogP contribution in [0, 0.1) is 6.92 Å². The van der Waals surface area contributed by atoms with Gasteiger partial charge in [0.15, 0.2) is 0 Å². The summed E-state index contributed by atoms with van der Waals surface area (Å²) in [4.78, 5) is 0. The molecule has 2 N–H and O–H groups in total. The van der Waals surface area contributed by atoms with Gasteiger partial charge in [-0.3, -0.25) is 4.68 Å². The molecule has 0 radical (unpaired) electrons. The zero-order valence-corrected chi connectivity index (χ0v) is 13.8. The summed E-state index contributed by atoms with van der Waals surface area (Å²) in [6, 6.07) is 8.59. The third-order valence-corrected chi connectivity index (χ3v) is 4.40. The van der Waals surface area contributed by atoms with E-state index in [4.69, 9.17) is 17.3 Å². The highest BCUT2D eigenvalue weighted by molar-refractivity contribution is 6.31. The first kappa shape index (κ1) is 16.1. The molecule has 1 aromatic heterocycles. The van der Waals surface area contributed by atoms with Crippen LogP contribution in [0.2, 0.25) is 5.02 Å². The first-order valence-electron chi connectivity index (χ1n) is 7.61. The summed E-state index contributed by atoms with van der Waals surface area (Å²) in [5, 5.41) is 5.40. The molecule has 4 heteroatoms. The van der Waals surface area contributed by atoms with E-state index in [1.54, 1.807) is 0 Å². The van der Waals surface area contributed by atoms with Gasteiger partial charge in [-0.05, 0) is 38.8 Å². The SMILES string of the molecule is CCc1nn(CC)c(CC(CN)c2ccc(C)cc2)c1Cl. The van der Waals surface area contributed by atoms with E-state index in [2.05, 4.69) is 50.1 Å². The fraction of sp³-hybridized carbons (Fsp3) is 0.471. The van der Waals surface area contributed by atoms with E-state index in [9.17, 15) is 0 Å². The number of nitrogens with two attached hydrogens (primary N) is 1. The van der Waals surface area contributed by atoms with Crippen LogP contribution in [0.15, 0.2) is 24.3 Å². The first-order chi connectivity index (χ1) is 10.1. The molecule has 0 saturated carbocycles. The molecular formula is C17H24ClN3. The summed E-state index contributed by atoms with van der Waals surface area (Å²) in [5.74, 6) is 0.273. The van der Waals surface area contributed by atoms with Crippen molar-refractivity contribution in [2.24, 2.45) is 5.73 Å². The number of aromatic nitrogens is 2. The Morgan fingerprint density at radius 2 is 1.90 bits per heavy atom. The predicted molar refractivity (Wildman–Crippen MR) is 89.0 cm³/mol. The van der Waals surface area contributed by atoms with Gasteiger partial charge in [0.25, 0.3) is 0 Å². The Balaban J connectivity index is 2.30. The van der Waals surface area contributed by atoms with Gasteiger partial charge in [0, 0.05) is 12.5 Å².